The predicted octanol–water partition coefficient (Wildman–Crippen LogP) is 4.70. The summed E-state index contributed by atoms with van der Waals surface area (Å²) in [7, 11) is 0. The molecule has 2 aromatic rings. The van der Waals surface area contributed by atoms with E-state index in [4.69, 9.17) is 4.74 Å². The van der Waals surface area contributed by atoms with Gasteiger partial charge in [0, 0.05) is 10.5 Å². The number of nitrogens with zero attached hydrogens (tertiary/aromatic N) is 1. The van der Waals surface area contributed by atoms with E-state index in [9.17, 15) is 14.9 Å². The van der Waals surface area contributed by atoms with Crippen LogP contribution in [0.25, 0.3) is 0 Å². The molecule has 0 saturated heterocycles. The number of para-hydroxylation sites is 1. The summed E-state index contributed by atoms with van der Waals surface area (Å²) in [4.78, 5) is 22.7. The number of carbonyl (C=O) groups excluding carboxylic acids is 1. The van der Waals surface area contributed by atoms with Crippen LogP contribution in [0.5, 0.6) is 5.75 Å². The summed E-state index contributed by atoms with van der Waals surface area (Å²) in [6.45, 7) is 3.95. The van der Waals surface area contributed by atoms with Crippen LogP contribution in [0.3, 0.4) is 0 Å². The largest absolute Gasteiger partial charge is 0.422 e. The molecule has 0 spiro atoms. The first kappa shape index (κ1) is 16.2. The highest BCUT2D eigenvalue weighted by atomic mass is 79.9. The van der Waals surface area contributed by atoms with E-state index in [-0.39, 0.29) is 17.2 Å². The van der Waals surface area contributed by atoms with Crippen LogP contribution in [0.4, 0.5) is 5.69 Å². The molecule has 0 aliphatic heterocycles. The third-order valence-electron chi connectivity index (χ3n) is 3.12. The molecule has 0 unspecified atom stereocenters. The van der Waals surface area contributed by atoms with E-state index in [0.29, 0.717) is 5.75 Å². The molecule has 0 bridgehead atoms. The van der Waals surface area contributed by atoms with Crippen molar-refractivity contribution in [2.75, 3.05) is 0 Å². The van der Waals surface area contributed by atoms with Crippen molar-refractivity contribution in [3.8, 4) is 5.75 Å². The number of benzene rings is 2. The van der Waals surface area contributed by atoms with Crippen molar-refractivity contribution in [2.45, 2.75) is 19.8 Å². The lowest BCUT2D eigenvalue weighted by Gasteiger charge is -2.13. The van der Waals surface area contributed by atoms with Gasteiger partial charge in [-0.05, 0) is 35.7 Å². The molecule has 0 atom stereocenters. The number of nitro groups is 1. The third kappa shape index (κ3) is 3.51. The summed E-state index contributed by atoms with van der Waals surface area (Å²) in [5.41, 5.74) is 0.516. The van der Waals surface area contributed by atoms with Crippen molar-refractivity contribution in [1.29, 1.82) is 0 Å². The van der Waals surface area contributed by atoms with Crippen LogP contribution in [0.15, 0.2) is 46.9 Å². The Bertz CT molecular complexity index is 728. The van der Waals surface area contributed by atoms with E-state index in [1.807, 2.05) is 19.9 Å². The predicted molar refractivity (Wildman–Crippen MR) is 86.3 cm³/mol. The Labute approximate surface area is 136 Å². The van der Waals surface area contributed by atoms with Gasteiger partial charge in [-0.15, -0.1) is 0 Å². The zero-order valence-corrected chi connectivity index (χ0v) is 13.7. The summed E-state index contributed by atoms with van der Waals surface area (Å²) < 4.78 is 6.25. The summed E-state index contributed by atoms with van der Waals surface area (Å²) in [6, 6.07) is 11.0. The van der Waals surface area contributed by atoms with Crippen molar-refractivity contribution in [2.24, 2.45) is 0 Å². The van der Waals surface area contributed by atoms with Gasteiger partial charge in [0.05, 0.1) is 4.92 Å². The van der Waals surface area contributed by atoms with Gasteiger partial charge in [0.15, 0.2) is 0 Å². The van der Waals surface area contributed by atoms with Crippen molar-refractivity contribution >= 4 is 27.6 Å². The molecular formula is C16H14BrNO4. The van der Waals surface area contributed by atoms with Gasteiger partial charge < -0.3 is 4.74 Å². The maximum Gasteiger partial charge on any atom is 0.350 e. The average molecular weight is 364 g/mol. The van der Waals surface area contributed by atoms with Crippen LogP contribution < -0.4 is 4.74 Å². The number of hydrogen-bond acceptors (Lipinski definition) is 4. The van der Waals surface area contributed by atoms with E-state index in [0.717, 1.165) is 10.0 Å². The van der Waals surface area contributed by atoms with Crippen LogP contribution in [0, 0.1) is 10.1 Å². The molecular weight excluding hydrogens is 350 g/mol. The lowest BCUT2D eigenvalue weighted by Crippen LogP contribution is -2.12. The summed E-state index contributed by atoms with van der Waals surface area (Å²) in [5.74, 6) is -0.191. The van der Waals surface area contributed by atoms with Crippen LogP contribution >= 0.6 is 15.9 Å². The molecule has 0 aliphatic carbocycles. The molecule has 0 heterocycles. The maximum absolute atomic E-state index is 12.3. The van der Waals surface area contributed by atoms with Gasteiger partial charge in [0.2, 0.25) is 0 Å². The molecule has 2 aromatic carbocycles. The second kappa shape index (κ2) is 6.70. The number of carbonyl (C=O) groups is 1. The Morgan fingerprint density at radius 3 is 2.55 bits per heavy atom. The fourth-order valence-electron chi connectivity index (χ4n) is 2.02. The average Bonchev–Trinajstić information content (AvgIpc) is 2.48. The SMILES string of the molecule is CC(C)c1cc(Br)ccc1OC(=O)c1ccccc1[N+](=O)[O-]. The maximum atomic E-state index is 12.3. The standard InChI is InChI=1S/C16H14BrNO4/c1-10(2)13-9-11(17)7-8-15(13)22-16(19)12-5-3-4-6-14(12)18(20)21/h3-10H,1-2H3. The van der Waals surface area contributed by atoms with Crippen LogP contribution in [-0.2, 0) is 0 Å². The molecule has 0 amide bonds. The molecule has 6 heteroatoms. The molecule has 0 N–H and O–H groups in total. The minimum atomic E-state index is -0.739. The van der Waals surface area contributed by atoms with E-state index in [2.05, 4.69) is 15.9 Å². The number of esters is 1. The monoisotopic (exact) mass is 363 g/mol. The molecule has 114 valence electrons. The van der Waals surface area contributed by atoms with Gasteiger partial charge in [0.1, 0.15) is 11.3 Å². The van der Waals surface area contributed by atoms with Gasteiger partial charge in [-0.1, -0.05) is 41.9 Å². The van der Waals surface area contributed by atoms with Crippen molar-refractivity contribution in [3.05, 3.63) is 68.2 Å². The number of hydrogen-bond donors (Lipinski definition) is 0. The fraction of sp³-hybridized carbons (Fsp3) is 0.188. The number of nitro benzene ring substituents is 1. The topological polar surface area (TPSA) is 69.4 Å². The van der Waals surface area contributed by atoms with E-state index in [1.165, 1.54) is 18.2 Å². The molecule has 2 rings (SSSR count). The highest BCUT2D eigenvalue weighted by Gasteiger charge is 2.22. The smallest absolute Gasteiger partial charge is 0.350 e. The van der Waals surface area contributed by atoms with Crippen LogP contribution in [0.2, 0.25) is 0 Å². The number of ether oxygens (including phenoxy) is 1. The Balaban J connectivity index is 2.36. The Hall–Kier alpha value is -2.21. The van der Waals surface area contributed by atoms with E-state index < -0.39 is 10.9 Å². The molecule has 0 fully saturated rings. The molecule has 0 radical (unpaired) electrons. The first-order chi connectivity index (χ1) is 10.4. The van der Waals surface area contributed by atoms with Crippen molar-refractivity contribution < 1.29 is 14.5 Å². The minimum absolute atomic E-state index is 0.0647. The van der Waals surface area contributed by atoms with Crippen LogP contribution in [-0.4, -0.2) is 10.9 Å². The number of rotatable bonds is 4. The zero-order chi connectivity index (χ0) is 16.3. The molecule has 0 aromatic heterocycles. The fourth-order valence-corrected chi connectivity index (χ4v) is 2.40. The second-order valence-electron chi connectivity index (χ2n) is 5.00. The third-order valence-corrected chi connectivity index (χ3v) is 3.61. The Morgan fingerprint density at radius 2 is 1.91 bits per heavy atom. The van der Waals surface area contributed by atoms with Gasteiger partial charge in [-0.2, -0.15) is 0 Å². The second-order valence-corrected chi connectivity index (χ2v) is 5.92. The first-order valence-corrected chi connectivity index (χ1v) is 7.44. The van der Waals surface area contributed by atoms with Gasteiger partial charge in [-0.3, -0.25) is 10.1 Å². The Kier molecular flexibility index (Phi) is 4.92. The highest BCUT2D eigenvalue weighted by Crippen LogP contribution is 2.30. The van der Waals surface area contributed by atoms with Crippen molar-refractivity contribution in [1.82, 2.24) is 0 Å². The zero-order valence-electron chi connectivity index (χ0n) is 12.1. The van der Waals surface area contributed by atoms with Gasteiger partial charge in [-0.25, -0.2) is 4.79 Å². The summed E-state index contributed by atoms with van der Waals surface area (Å²) in [6.07, 6.45) is 0. The summed E-state index contributed by atoms with van der Waals surface area (Å²) >= 11 is 3.38. The highest BCUT2D eigenvalue weighted by molar-refractivity contribution is 9.10. The van der Waals surface area contributed by atoms with Gasteiger partial charge >= 0.3 is 5.97 Å². The number of halogens is 1. The quantitative estimate of drug-likeness (QED) is 0.341. The molecule has 0 saturated carbocycles. The summed E-state index contributed by atoms with van der Waals surface area (Å²) in [5, 5.41) is 11.0. The molecule has 0 aliphatic rings. The first-order valence-electron chi connectivity index (χ1n) is 6.65. The molecule has 22 heavy (non-hydrogen) atoms. The normalized spacial score (nSPS) is 10.5. The van der Waals surface area contributed by atoms with Gasteiger partial charge in [0.25, 0.3) is 5.69 Å². The minimum Gasteiger partial charge on any atom is -0.422 e. The Morgan fingerprint density at radius 1 is 1.23 bits per heavy atom. The lowest BCUT2D eigenvalue weighted by molar-refractivity contribution is -0.385. The molecule has 5 nitrogen and oxygen atoms in total. The van der Waals surface area contributed by atoms with Crippen LogP contribution in [0.1, 0.15) is 35.7 Å². The van der Waals surface area contributed by atoms with E-state index in [1.54, 1.807) is 18.2 Å². The van der Waals surface area contributed by atoms with Crippen molar-refractivity contribution in [3.63, 3.8) is 0 Å². The van der Waals surface area contributed by atoms with E-state index >= 15 is 0 Å². The lowest BCUT2D eigenvalue weighted by atomic mass is 10.0.